The molecule has 0 bridgehead atoms. The van der Waals surface area contributed by atoms with Crippen molar-refractivity contribution >= 4 is 39.0 Å². The first-order valence-electron chi connectivity index (χ1n) is 8.27. The third-order valence-electron chi connectivity index (χ3n) is 4.20. The van der Waals surface area contributed by atoms with Gasteiger partial charge in [-0.05, 0) is 25.5 Å². The molecule has 0 unspecified atom stereocenters. The average molecular weight is 379 g/mol. The molecule has 3 heterocycles. The first kappa shape index (κ1) is 17.2. The highest BCUT2D eigenvalue weighted by Gasteiger charge is 2.15. The number of thiophene rings is 1. The van der Waals surface area contributed by atoms with Gasteiger partial charge in [-0.3, -0.25) is 4.52 Å². The number of benzene rings is 1. The summed E-state index contributed by atoms with van der Waals surface area (Å²) in [6, 6.07) is 10.1. The van der Waals surface area contributed by atoms with E-state index in [1.807, 2.05) is 32.0 Å². The normalized spacial score (nSPS) is 12.0. The molecule has 0 atom stereocenters. The summed E-state index contributed by atoms with van der Waals surface area (Å²) in [7, 11) is 1.68. The minimum Gasteiger partial charge on any atom is -0.857 e. The fourth-order valence-corrected chi connectivity index (χ4v) is 3.78. The predicted octanol–water partition coefficient (Wildman–Crippen LogP) is 2.41. The minimum atomic E-state index is -0.471. The maximum absolute atomic E-state index is 12.5. The van der Waals surface area contributed by atoms with Gasteiger partial charge < -0.3 is 10.8 Å². The van der Waals surface area contributed by atoms with E-state index in [0.29, 0.717) is 15.4 Å². The summed E-state index contributed by atoms with van der Waals surface area (Å²) >= 11 is 1.23. The van der Waals surface area contributed by atoms with Crippen LogP contribution in [0.1, 0.15) is 16.0 Å². The molecule has 136 valence electrons. The predicted molar refractivity (Wildman–Crippen MR) is 103 cm³/mol. The second-order valence-corrected chi connectivity index (χ2v) is 7.35. The Balaban J connectivity index is 1.81. The molecule has 8 heteroatoms. The lowest BCUT2D eigenvalue weighted by Crippen LogP contribution is -2.27. The summed E-state index contributed by atoms with van der Waals surface area (Å²) in [5, 5.41) is 16.9. The van der Waals surface area contributed by atoms with Crippen LogP contribution in [0.15, 0.2) is 46.0 Å². The number of rotatable bonds is 3. The van der Waals surface area contributed by atoms with Crippen molar-refractivity contribution in [3.05, 3.63) is 52.5 Å². The number of nitrogens with zero attached hydrogens (tertiary/aromatic N) is 4. The zero-order chi connectivity index (χ0) is 19.1. The molecule has 27 heavy (non-hydrogen) atoms. The van der Waals surface area contributed by atoms with E-state index in [9.17, 15) is 5.11 Å². The van der Waals surface area contributed by atoms with Gasteiger partial charge >= 0.3 is 5.88 Å². The van der Waals surface area contributed by atoms with Crippen LogP contribution >= 0.6 is 11.3 Å². The molecule has 7 nitrogen and oxygen atoms in total. The monoisotopic (exact) mass is 379 g/mol. The second-order valence-electron chi connectivity index (χ2n) is 6.35. The summed E-state index contributed by atoms with van der Waals surface area (Å²) in [5.74, 6) is -0.342. The van der Waals surface area contributed by atoms with Gasteiger partial charge in [0.25, 0.3) is 6.20 Å². The maximum atomic E-state index is 12.5. The van der Waals surface area contributed by atoms with Crippen LogP contribution in [0.25, 0.3) is 21.5 Å². The minimum absolute atomic E-state index is 0.129. The number of aryl methyl sites for hydroxylation is 3. The molecule has 0 saturated heterocycles. The van der Waals surface area contributed by atoms with Crippen molar-refractivity contribution in [3.8, 4) is 11.3 Å². The Morgan fingerprint density at radius 1 is 1.26 bits per heavy atom. The van der Waals surface area contributed by atoms with Crippen LogP contribution in [0.5, 0.6) is 0 Å². The third kappa shape index (κ3) is 3.15. The molecule has 0 aliphatic carbocycles. The highest BCUT2D eigenvalue weighted by atomic mass is 32.1. The summed E-state index contributed by atoms with van der Waals surface area (Å²) in [5.41, 5.74) is 10.7. The van der Waals surface area contributed by atoms with Gasteiger partial charge in [0.05, 0.1) is 16.3 Å². The molecular weight excluding hydrogens is 362 g/mol. The Labute approximate surface area is 159 Å². The molecule has 0 spiro atoms. The fourth-order valence-electron chi connectivity index (χ4n) is 2.82. The van der Waals surface area contributed by atoms with Gasteiger partial charge in [0.1, 0.15) is 4.83 Å². The zero-order valence-corrected chi connectivity index (χ0v) is 15.9. The van der Waals surface area contributed by atoms with Crippen molar-refractivity contribution in [2.24, 2.45) is 12.0 Å². The molecule has 0 saturated carbocycles. The zero-order valence-electron chi connectivity index (χ0n) is 15.1. The molecule has 4 aromatic rings. The number of aliphatic imine (C=N–C) groups is 1. The van der Waals surface area contributed by atoms with Crippen molar-refractivity contribution in [2.45, 2.75) is 13.8 Å². The van der Waals surface area contributed by atoms with E-state index in [1.165, 1.54) is 27.8 Å². The standard InChI is InChI=1S/C19H17N5O2S/c1-10-4-6-12(7-5-10)16-11(2)8-13-15(20)17(27-19(13)22-16)18(25)21-14-9-24(3)23-26-14/h4-9H,1-3H3,(H2-,20,21,23,25). The van der Waals surface area contributed by atoms with Crippen molar-refractivity contribution in [3.63, 3.8) is 0 Å². The van der Waals surface area contributed by atoms with Gasteiger partial charge in [0, 0.05) is 16.8 Å². The van der Waals surface area contributed by atoms with E-state index in [1.54, 1.807) is 7.05 Å². The van der Waals surface area contributed by atoms with Crippen LogP contribution in [-0.4, -0.2) is 16.2 Å². The smallest absolute Gasteiger partial charge is 0.320 e. The topological polar surface area (TPSA) is 104 Å². The molecule has 2 N–H and O–H groups in total. The molecule has 0 aliphatic rings. The molecule has 0 fully saturated rings. The Morgan fingerprint density at radius 3 is 2.67 bits per heavy atom. The van der Waals surface area contributed by atoms with E-state index in [4.69, 9.17) is 15.2 Å². The van der Waals surface area contributed by atoms with Crippen LogP contribution in [-0.2, 0) is 7.05 Å². The van der Waals surface area contributed by atoms with E-state index in [2.05, 4.69) is 22.4 Å². The molecule has 0 radical (unpaired) electrons. The Kier molecular flexibility index (Phi) is 4.12. The molecule has 1 aromatic carbocycles. The number of hydrogen-bond acceptors (Lipinski definition) is 7. The number of aromatic nitrogens is 3. The van der Waals surface area contributed by atoms with Crippen LogP contribution in [0.4, 0.5) is 11.6 Å². The van der Waals surface area contributed by atoms with E-state index in [-0.39, 0.29) is 5.88 Å². The Hall–Kier alpha value is -3.26. The summed E-state index contributed by atoms with van der Waals surface area (Å²) in [6.07, 6.45) is 1.51. The summed E-state index contributed by atoms with van der Waals surface area (Å²) < 4.78 is 6.38. The summed E-state index contributed by atoms with van der Waals surface area (Å²) in [6.45, 7) is 4.03. The van der Waals surface area contributed by atoms with Gasteiger partial charge in [-0.1, -0.05) is 34.5 Å². The van der Waals surface area contributed by atoms with Crippen molar-refractivity contribution < 1.29 is 14.3 Å². The number of fused-ring (bicyclic) bond motifs is 1. The largest absolute Gasteiger partial charge is 0.857 e. The number of anilines is 1. The summed E-state index contributed by atoms with van der Waals surface area (Å²) in [4.78, 5) is 9.74. The average Bonchev–Trinajstić information content (AvgIpc) is 3.18. The molecule has 4 rings (SSSR count). The van der Waals surface area contributed by atoms with Crippen molar-refractivity contribution in [2.75, 3.05) is 5.73 Å². The maximum Gasteiger partial charge on any atom is 0.320 e. The molecule has 0 amide bonds. The molecular formula is C19H17N5O2S. The highest BCUT2D eigenvalue weighted by Crippen LogP contribution is 2.36. The van der Waals surface area contributed by atoms with Crippen LogP contribution < -0.4 is 15.5 Å². The number of pyridine rings is 1. The molecule has 3 aromatic heterocycles. The van der Waals surface area contributed by atoms with Gasteiger partial charge in [-0.25, -0.2) is 9.98 Å². The second kappa shape index (κ2) is 6.48. The number of hydrogen-bond donors (Lipinski definition) is 1. The van der Waals surface area contributed by atoms with Crippen LogP contribution in [0, 0.1) is 13.8 Å². The van der Waals surface area contributed by atoms with Gasteiger partial charge in [0.2, 0.25) is 0 Å². The SMILES string of the molecule is Cc1ccc(-c2nc3sc(/C([O-])=N/c4c[n+](C)no4)c(N)c3cc2C)cc1. The lowest BCUT2D eigenvalue weighted by molar-refractivity contribution is -0.739. The lowest BCUT2D eigenvalue weighted by atomic mass is 10.0. The van der Waals surface area contributed by atoms with Crippen LogP contribution in [0.2, 0.25) is 0 Å². The number of nitrogens with two attached hydrogens (primary N) is 1. The van der Waals surface area contributed by atoms with Crippen LogP contribution in [0.3, 0.4) is 0 Å². The van der Waals surface area contributed by atoms with Gasteiger partial charge in [-0.15, -0.1) is 11.3 Å². The lowest BCUT2D eigenvalue weighted by Gasteiger charge is -2.07. The van der Waals surface area contributed by atoms with Crippen molar-refractivity contribution in [1.82, 2.24) is 10.3 Å². The van der Waals surface area contributed by atoms with E-state index < -0.39 is 5.90 Å². The van der Waals surface area contributed by atoms with Gasteiger partial charge in [0.15, 0.2) is 12.3 Å². The molecule has 0 aliphatic heterocycles. The Morgan fingerprint density at radius 2 is 2.00 bits per heavy atom. The van der Waals surface area contributed by atoms with E-state index >= 15 is 0 Å². The van der Waals surface area contributed by atoms with Crippen molar-refractivity contribution in [1.29, 1.82) is 0 Å². The Bertz CT molecular complexity index is 1180. The first-order chi connectivity index (χ1) is 12.9. The highest BCUT2D eigenvalue weighted by molar-refractivity contribution is 7.21. The van der Waals surface area contributed by atoms with E-state index in [0.717, 1.165) is 22.2 Å². The number of nitrogen functional groups attached to an aromatic ring is 1. The first-order valence-corrected chi connectivity index (χ1v) is 9.09. The quantitative estimate of drug-likeness (QED) is 0.334. The third-order valence-corrected chi connectivity index (χ3v) is 5.31. The van der Waals surface area contributed by atoms with Gasteiger partial charge in [-0.2, -0.15) is 0 Å². The fraction of sp³-hybridized carbons (Fsp3) is 0.158.